The molecule has 1 saturated heterocycles. The predicted octanol–water partition coefficient (Wildman–Crippen LogP) is 3.06. The van der Waals surface area contributed by atoms with Gasteiger partial charge in [-0.05, 0) is 37.9 Å². The van der Waals surface area contributed by atoms with Crippen molar-refractivity contribution in [3.63, 3.8) is 0 Å². The molecule has 0 radical (unpaired) electrons. The van der Waals surface area contributed by atoms with Crippen molar-refractivity contribution < 1.29 is 13.9 Å². The molecule has 0 aliphatic carbocycles. The third-order valence-electron chi connectivity index (χ3n) is 3.76. The molecule has 0 bridgehead atoms. The Labute approximate surface area is 119 Å². The van der Waals surface area contributed by atoms with Crippen LogP contribution >= 0.6 is 0 Å². The SMILES string of the molecule is O=C(OCCCN1CCCCC1CF)c1ccccc1. The van der Waals surface area contributed by atoms with Gasteiger partial charge < -0.3 is 4.74 Å². The highest BCUT2D eigenvalue weighted by Crippen LogP contribution is 2.17. The first-order chi connectivity index (χ1) is 9.81. The summed E-state index contributed by atoms with van der Waals surface area (Å²) in [5, 5.41) is 0. The molecular formula is C16H22FNO2. The number of carbonyl (C=O) groups excluding carboxylic acids is 1. The molecule has 1 aromatic carbocycles. The molecule has 1 unspecified atom stereocenters. The first-order valence-electron chi connectivity index (χ1n) is 7.33. The zero-order valence-corrected chi connectivity index (χ0v) is 11.8. The lowest BCUT2D eigenvalue weighted by Crippen LogP contribution is -2.41. The van der Waals surface area contributed by atoms with E-state index in [-0.39, 0.29) is 18.7 Å². The lowest BCUT2D eigenvalue weighted by molar-refractivity contribution is 0.0465. The number of esters is 1. The fourth-order valence-corrected chi connectivity index (χ4v) is 2.62. The summed E-state index contributed by atoms with van der Waals surface area (Å²) in [5.41, 5.74) is 0.576. The zero-order valence-electron chi connectivity index (χ0n) is 11.8. The number of carbonyl (C=O) groups is 1. The van der Waals surface area contributed by atoms with Crippen molar-refractivity contribution in [1.29, 1.82) is 0 Å². The summed E-state index contributed by atoms with van der Waals surface area (Å²) in [6, 6.07) is 9.04. The van der Waals surface area contributed by atoms with Crippen molar-refractivity contribution in [2.24, 2.45) is 0 Å². The van der Waals surface area contributed by atoms with Crippen LogP contribution in [-0.2, 0) is 4.74 Å². The van der Waals surface area contributed by atoms with E-state index in [2.05, 4.69) is 4.90 Å². The van der Waals surface area contributed by atoms with Crippen LogP contribution in [-0.4, -0.2) is 43.3 Å². The second-order valence-electron chi connectivity index (χ2n) is 5.20. The maximum Gasteiger partial charge on any atom is 0.338 e. The summed E-state index contributed by atoms with van der Waals surface area (Å²) in [6.45, 7) is 1.88. The van der Waals surface area contributed by atoms with Gasteiger partial charge in [0.05, 0.1) is 12.2 Å². The number of alkyl halides is 1. The van der Waals surface area contributed by atoms with Crippen LogP contribution in [0, 0.1) is 0 Å². The van der Waals surface area contributed by atoms with Gasteiger partial charge in [-0.1, -0.05) is 24.6 Å². The van der Waals surface area contributed by atoms with Crippen LogP contribution in [0.3, 0.4) is 0 Å². The Balaban J connectivity index is 1.67. The monoisotopic (exact) mass is 279 g/mol. The van der Waals surface area contributed by atoms with Gasteiger partial charge in [-0.2, -0.15) is 0 Å². The Morgan fingerprint density at radius 2 is 2.10 bits per heavy atom. The Morgan fingerprint density at radius 3 is 2.85 bits per heavy atom. The number of ether oxygens (including phenoxy) is 1. The number of nitrogens with zero attached hydrogens (tertiary/aromatic N) is 1. The molecule has 3 nitrogen and oxygen atoms in total. The molecule has 1 heterocycles. The summed E-state index contributed by atoms with van der Waals surface area (Å²) in [5.74, 6) is -0.286. The van der Waals surface area contributed by atoms with E-state index < -0.39 is 0 Å². The first-order valence-corrected chi connectivity index (χ1v) is 7.33. The molecular weight excluding hydrogens is 257 g/mol. The standard InChI is InChI=1S/C16H22FNO2/c17-13-15-9-4-5-10-18(15)11-6-12-20-16(19)14-7-2-1-3-8-14/h1-3,7-8,15H,4-6,9-13H2. The molecule has 0 amide bonds. The summed E-state index contributed by atoms with van der Waals surface area (Å²) in [6.07, 6.45) is 3.96. The van der Waals surface area contributed by atoms with Crippen LogP contribution in [0.15, 0.2) is 30.3 Å². The Hall–Kier alpha value is -1.42. The average molecular weight is 279 g/mol. The van der Waals surface area contributed by atoms with Crippen LogP contribution < -0.4 is 0 Å². The van der Waals surface area contributed by atoms with Crippen molar-refractivity contribution in [2.45, 2.75) is 31.7 Å². The van der Waals surface area contributed by atoms with E-state index in [1.54, 1.807) is 12.1 Å². The van der Waals surface area contributed by atoms with Crippen LogP contribution in [0.1, 0.15) is 36.0 Å². The molecule has 2 rings (SSSR count). The second-order valence-corrected chi connectivity index (χ2v) is 5.20. The zero-order chi connectivity index (χ0) is 14.2. The van der Waals surface area contributed by atoms with Gasteiger partial charge in [0.2, 0.25) is 0 Å². The quantitative estimate of drug-likeness (QED) is 0.592. The first kappa shape index (κ1) is 15.0. The van der Waals surface area contributed by atoms with Gasteiger partial charge >= 0.3 is 5.97 Å². The van der Waals surface area contributed by atoms with Crippen molar-refractivity contribution in [3.8, 4) is 0 Å². The molecule has 1 fully saturated rings. The number of halogens is 1. The minimum atomic E-state index is -0.286. The fraction of sp³-hybridized carbons (Fsp3) is 0.562. The fourth-order valence-electron chi connectivity index (χ4n) is 2.62. The second kappa shape index (κ2) is 8.00. The topological polar surface area (TPSA) is 29.5 Å². The van der Waals surface area contributed by atoms with E-state index in [1.807, 2.05) is 18.2 Å². The highest BCUT2D eigenvalue weighted by Gasteiger charge is 2.21. The minimum absolute atomic E-state index is 0.0635. The number of hydrogen-bond donors (Lipinski definition) is 0. The summed E-state index contributed by atoms with van der Waals surface area (Å²) in [7, 11) is 0. The van der Waals surface area contributed by atoms with Gasteiger partial charge in [-0.25, -0.2) is 9.18 Å². The summed E-state index contributed by atoms with van der Waals surface area (Å²) in [4.78, 5) is 13.9. The molecule has 20 heavy (non-hydrogen) atoms. The molecule has 1 aliphatic rings. The lowest BCUT2D eigenvalue weighted by atomic mass is 10.0. The molecule has 0 spiro atoms. The van der Waals surface area contributed by atoms with Gasteiger partial charge in [0.1, 0.15) is 6.67 Å². The third-order valence-corrected chi connectivity index (χ3v) is 3.76. The van der Waals surface area contributed by atoms with E-state index in [9.17, 15) is 9.18 Å². The van der Waals surface area contributed by atoms with Crippen LogP contribution in [0.2, 0.25) is 0 Å². The predicted molar refractivity (Wildman–Crippen MR) is 76.5 cm³/mol. The molecule has 1 aromatic rings. The van der Waals surface area contributed by atoms with E-state index in [4.69, 9.17) is 4.74 Å². The van der Waals surface area contributed by atoms with Crippen LogP contribution in [0.4, 0.5) is 4.39 Å². The molecule has 4 heteroatoms. The maximum absolute atomic E-state index is 12.9. The number of rotatable bonds is 6. The largest absolute Gasteiger partial charge is 0.462 e. The van der Waals surface area contributed by atoms with Crippen LogP contribution in [0.5, 0.6) is 0 Å². The summed E-state index contributed by atoms with van der Waals surface area (Å²) >= 11 is 0. The molecule has 0 N–H and O–H groups in total. The van der Waals surface area contributed by atoms with Gasteiger partial charge in [0.25, 0.3) is 0 Å². The van der Waals surface area contributed by atoms with E-state index >= 15 is 0 Å². The van der Waals surface area contributed by atoms with Gasteiger partial charge in [0, 0.05) is 12.6 Å². The molecule has 1 atom stereocenters. The highest BCUT2D eigenvalue weighted by atomic mass is 19.1. The Morgan fingerprint density at radius 1 is 1.30 bits per heavy atom. The van der Waals surface area contributed by atoms with E-state index in [0.717, 1.165) is 38.8 Å². The van der Waals surface area contributed by atoms with Crippen molar-refractivity contribution >= 4 is 5.97 Å². The van der Waals surface area contributed by atoms with Crippen molar-refractivity contribution in [3.05, 3.63) is 35.9 Å². The molecule has 1 aliphatic heterocycles. The van der Waals surface area contributed by atoms with Crippen molar-refractivity contribution in [2.75, 3.05) is 26.4 Å². The van der Waals surface area contributed by atoms with Crippen molar-refractivity contribution in [1.82, 2.24) is 4.90 Å². The third kappa shape index (κ3) is 4.30. The molecule has 0 aromatic heterocycles. The smallest absolute Gasteiger partial charge is 0.338 e. The minimum Gasteiger partial charge on any atom is -0.462 e. The van der Waals surface area contributed by atoms with Gasteiger partial charge in [0.15, 0.2) is 0 Å². The molecule has 110 valence electrons. The van der Waals surface area contributed by atoms with Gasteiger partial charge in [-0.3, -0.25) is 4.90 Å². The normalized spacial score (nSPS) is 19.8. The number of hydrogen-bond acceptors (Lipinski definition) is 3. The maximum atomic E-state index is 12.9. The number of benzene rings is 1. The molecule has 0 saturated carbocycles. The average Bonchev–Trinajstić information content (AvgIpc) is 2.52. The number of piperidine rings is 1. The Kier molecular flexibility index (Phi) is 5.99. The van der Waals surface area contributed by atoms with Gasteiger partial charge in [-0.15, -0.1) is 0 Å². The number of likely N-dealkylation sites (tertiary alicyclic amines) is 1. The lowest BCUT2D eigenvalue weighted by Gasteiger charge is -2.33. The van der Waals surface area contributed by atoms with E-state index in [1.165, 1.54) is 0 Å². The van der Waals surface area contributed by atoms with E-state index in [0.29, 0.717) is 12.2 Å². The van der Waals surface area contributed by atoms with Crippen LogP contribution in [0.25, 0.3) is 0 Å². The summed E-state index contributed by atoms with van der Waals surface area (Å²) < 4.78 is 18.1. The highest BCUT2D eigenvalue weighted by molar-refractivity contribution is 5.89. The Bertz CT molecular complexity index is 410.